The van der Waals surface area contributed by atoms with E-state index in [4.69, 9.17) is 4.74 Å². The second-order valence-electron chi connectivity index (χ2n) is 9.68. The zero-order valence-electron chi connectivity index (χ0n) is 19.3. The Morgan fingerprint density at radius 1 is 1.17 bits per heavy atom. The van der Waals surface area contributed by atoms with Crippen LogP contribution in [0.1, 0.15) is 31.7 Å². The molecule has 10 heteroatoms. The van der Waals surface area contributed by atoms with Crippen LogP contribution in [-0.4, -0.2) is 56.3 Å². The van der Waals surface area contributed by atoms with Crippen molar-refractivity contribution in [1.29, 1.82) is 0 Å². The average molecular weight is 509 g/mol. The molecule has 35 heavy (non-hydrogen) atoms. The van der Waals surface area contributed by atoms with E-state index >= 15 is 4.39 Å². The molecule has 3 atom stereocenters. The summed E-state index contributed by atoms with van der Waals surface area (Å²) in [5, 5.41) is 0. The maximum Gasteiger partial charge on any atom is 0.252 e. The number of benzene rings is 2. The van der Waals surface area contributed by atoms with Crippen LogP contribution in [0.3, 0.4) is 0 Å². The molecule has 2 aromatic carbocycles. The molecule has 1 unspecified atom stereocenters. The molecule has 1 N–H and O–H groups in total. The lowest BCUT2D eigenvalue weighted by atomic mass is 9.91. The number of hydrogen-bond acceptors (Lipinski definition) is 4. The molecule has 2 saturated heterocycles. The maximum atomic E-state index is 15.7. The van der Waals surface area contributed by atoms with Crippen LogP contribution in [0.2, 0.25) is 0 Å². The third kappa shape index (κ3) is 4.59. The predicted molar refractivity (Wildman–Crippen MR) is 123 cm³/mol. The van der Waals surface area contributed by atoms with E-state index in [1.54, 1.807) is 17.0 Å². The molecule has 2 heterocycles. The Hall–Kier alpha value is -2.43. The minimum atomic E-state index is -3.59. The van der Waals surface area contributed by atoms with Gasteiger partial charge >= 0.3 is 0 Å². The lowest BCUT2D eigenvalue weighted by Crippen LogP contribution is -2.53. The van der Waals surface area contributed by atoms with Gasteiger partial charge in [0.25, 0.3) is 5.91 Å². The number of ether oxygens (including phenoxy) is 1. The first-order valence-electron chi connectivity index (χ1n) is 11.8. The van der Waals surface area contributed by atoms with Crippen molar-refractivity contribution < 1.29 is 31.1 Å². The molecule has 0 radical (unpaired) electrons. The third-order valence-electron chi connectivity index (χ3n) is 7.45. The van der Waals surface area contributed by atoms with Crippen molar-refractivity contribution in [3.8, 4) is 11.1 Å². The van der Waals surface area contributed by atoms with Gasteiger partial charge in [-0.2, -0.15) is 0 Å². The second kappa shape index (κ2) is 8.90. The van der Waals surface area contributed by atoms with Gasteiger partial charge in [0.15, 0.2) is 0 Å². The highest BCUT2D eigenvalue weighted by Gasteiger charge is 2.61. The standard InChI is InChI=1S/C25H27F3N2O4S/c1-2-35(32,33)29-23-20(30(14-25(23)7-8-25)24(31)21-6-9-34-21)12-15-4-3-5-19(22(15)28)16-10-17(26)13-18(27)11-16/h3-5,10-11,13,20-21,23,29H,2,6-9,12,14H2,1H3/t20-,21?,23+/m0/s1. The summed E-state index contributed by atoms with van der Waals surface area (Å²) < 4.78 is 76.5. The number of halogens is 3. The van der Waals surface area contributed by atoms with Crippen molar-refractivity contribution in [2.75, 3.05) is 18.9 Å². The fourth-order valence-corrected chi connectivity index (χ4v) is 6.19. The summed E-state index contributed by atoms with van der Waals surface area (Å²) in [7, 11) is -3.59. The number of hydrogen-bond donors (Lipinski definition) is 1. The Bertz CT molecular complexity index is 1240. The molecule has 6 nitrogen and oxygen atoms in total. The molecule has 1 spiro atoms. The summed E-state index contributed by atoms with van der Waals surface area (Å²) in [5.41, 5.74) is -0.0497. The van der Waals surface area contributed by atoms with Crippen molar-refractivity contribution in [3.63, 3.8) is 0 Å². The van der Waals surface area contributed by atoms with Crippen LogP contribution in [0, 0.1) is 22.9 Å². The molecule has 0 aromatic heterocycles. The zero-order valence-corrected chi connectivity index (χ0v) is 20.1. The third-order valence-corrected chi connectivity index (χ3v) is 8.82. The first kappa shape index (κ1) is 24.3. The lowest BCUT2D eigenvalue weighted by molar-refractivity contribution is -0.157. The van der Waals surface area contributed by atoms with Crippen molar-refractivity contribution in [3.05, 3.63) is 59.4 Å². The SMILES string of the molecule is CCS(=O)(=O)N[C@@H]1[C@H](Cc2cccc(-c3cc(F)cc(F)c3)c2F)N(C(=O)C2CCO2)CC12CC2. The lowest BCUT2D eigenvalue weighted by Gasteiger charge is -2.34. The number of nitrogens with one attached hydrogen (secondary N) is 1. The van der Waals surface area contributed by atoms with E-state index in [-0.39, 0.29) is 40.2 Å². The molecule has 1 aliphatic carbocycles. The van der Waals surface area contributed by atoms with Crippen LogP contribution in [0.15, 0.2) is 36.4 Å². The maximum absolute atomic E-state index is 15.7. The number of carbonyl (C=O) groups excluding carboxylic acids is 1. The van der Waals surface area contributed by atoms with Crippen molar-refractivity contribution >= 4 is 15.9 Å². The smallest absolute Gasteiger partial charge is 0.252 e. The van der Waals surface area contributed by atoms with Crippen LogP contribution in [0.4, 0.5) is 13.2 Å². The first-order valence-corrected chi connectivity index (χ1v) is 13.4. The first-order chi connectivity index (χ1) is 16.6. The largest absolute Gasteiger partial charge is 0.368 e. The minimum absolute atomic E-state index is 0.0333. The summed E-state index contributed by atoms with van der Waals surface area (Å²) in [5.74, 6) is -2.61. The molecule has 1 saturated carbocycles. The van der Waals surface area contributed by atoms with Crippen LogP contribution in [0.25, 0.3) is 11.1 Å². The number of nitrogens with zero attached hydrogens (tertiary/aromatic N) is 1. The van der Waals surface area contributed by atoms with Crippen molar-refractivity contribution in [2.24, 2.45) is 5.41 Å². The summed E-state index contributed by atoms with van der Waals surface area (Å²) in [6, 6.07) is 6.23. The van der Waals surface area contributed by atoms with E-state index in [0.29, 0.717) is 19.6 Å². The van der Waals surface area contributed by atoms with E-state index in [1.165, 1.54) is 13.0 Å². The molecule has 2 aliphatic heterocycles. The van der Waals surface area contributed by atoms with Crippen molar-refractivity contribution in [2.45, 2.75) is 50.8 Å². The van der Waals surface area contributed by atoms with Gasteiger partial charge in [-0.3, -0.25) is 4.79 Å². The highest BCUT2D eigenvalue weighted by atomic mass is 32.2. The van der Waals surface area contributed by atoms with Crippen LogP contribution < -0.4 is 4.72 Å². The molecule has 5 rings (SSSR count). The summed E-state index contributed by atoms with van der Waals surface area (Å²) in [6.45, 7) is 2.41. The summed E-state index contributed by atoms with van der Waals surface area (Å²) in [4.78, 5) is 14.9. The van der Waals surface area contributed by atoms with Gasteiger partial charge in [-0.15, -0.1) is 0 Å². The van der Waals surface area contributed by atoms with Gasteiger partial charge in [0.2, 0.25) is 10.0 Å². The molecule has 0 bridgehead atoms. The van der Waals surface area contributed by atoms with Gasteiger partial charge < -0.3 is 9.64 Å². The van der Waals surface area contributed by atoms with Crippen molar-refractivity contribution in [1.82, 2.24) is 9.62 Å². The molecular weight excluding hydrogens is 481 g/mol. The molecule has 188 valence electrons. The zero-order chi connectivity index (χ0) is 25.0. The number of likely N-dealkylation sites (tertiary alicyclic amines) is 1. The normalized spacial score (nSPS) is 25.0. The van der Waals surface area contributed by atoms with E-state index in [9.17, 15) is 22.0 Å². The summed E-state index contributed by atoms with van der Waals surface area (Å²) in [6.07, 6.45) is 1.60. The van der Waals surface area contributed by atoms with E-state index in [2.05, 4.69) is 4.72 Å². The van der Waals surface area contributed by atoms with Crippen LogP contribution >= 0.6 is 0 Å². The van der Waals surface area contributed by atoms with Crippen LogP contribution in [0.5, 0.6) is 0 Å². The van der Waals surface area contributed by atoms with Gasteiger partial charge in [-0.05, 0) is 49.4 Å². The minimum Gasteiger partial charge on any atom is -0.368 e. The number of amides is 1. The molecule has 3 fully saturated rings. The Balaban J connectivity index is 1.51. The fourth-order valence-electron chi connectivity index (χ4n) is 5.23. The molecule has 1 amide bonds. The Morgan fingerprint density at radius 3 is 2.43 bits per heavy atom. The quantitative estimate of drug-likeness (QED) is 0.622. The molecule has 3 aliphatic rings. The Labute approximate surface area is 202 Å². The van der Waals surface area contributed by atoms with E-state index < -0.39 is 45.7 Å². The predicted octanol–water partition coefficient (Wildman–Crippen LogP) is 3.40. The van der Waals surface area contributed by atoms with E-state index in [0.717, 1.165) is 31.0 Å². The van der Waals surface area contributed by atoms with E-state index in [1.807, 2.05) is 0 Å². The van der Waals surface area contributed by atoms with Gasteiger partial charge in [0.05, 0.1) is 18.4 Å². The summed E-state index contributed by atoms with van der Waals surface area (Å²) >= 11 is 0. The topological polar surface area (TPSA) is 75.7 Å². The average Bonchev–Trinajstić information content (AvgIpc) is 3.48. The number of rotatable bonds is 7. The number of sulfonamides is 1. The Kier molecular flexibility index (Phi) is 6.17. The molecular formula is C25H27F3N2O4S. The fraction of sp³-hybridized carbons (Fsp3) is 0.480. The van der Waals surface area contributed by atoms with Gasteiger partial charge in [0, 0.05) is 36.1 Å². The second-order valence-corrected chi connectivity index (χ2v) is 11.7. The number of carbonyl (C=O) groups is 1. The van der Waals surface area contributed by atoms with Gasteiger partial charge in [0.1, 0.15) is 23.6 Å². The van der Waals surface area contributed by atoms with Crippen LogP contribution in [-0.2, 0) is 26.0 Å². The molecule has 2 aromatic rings. The highest BCUT2D eigenvalue weighted by Crippen LogP contribution is 2.56. The highest BCUT2D eigenvalue weighted by molar-refractivity contribution is 7.89. The van der Waals surface area contributed by atoms with Gasteiger partial charge in [-0.1, -0.05) is 18.2 Å². The Morgan fingerprint density at radius 2 is 1.86 bits per heavy atom. The van der Waals surface area contributed by atoms with Gasteiger partial charge in [-0.25, -0.2) is 26.3 Å². The monoisotopic (exact) mass is 508 g/mol.